The molecular formula is C16H24N4. The Balaban J connectivity index is 1.92. The Kier molecular flexibility index (Phi) is 5.30. The third-order valence-corrected chi connectivity index (χ3v) is 3.46. The molecular weight excluding hydrogens is 248 g/mol. The van der Waals surface area contributed by atoms with Gasteiger partial charge in [0.05, 0.1) is 12.2 Å². The Morgan fingerprint density at radius 1 is 1.15 bits per heavy atom. The van der Waals surface area contributed by atoms with Crippen molar-refractivity contribution < 1.29 is 0 Å². The first kappa shape index (κ1) is 14.7. The van der Waals surface area contributed by atoms with Gasteiger partial charge in [0.25, 0.3) is 0 Å². The molecule has 2 rings (SSSR count). The lowest BCUT2D eigenvalue weighted by Crippen LogP contribution is -2.00. The van der Waals surface area contributed by atoms with Crippen LogP contribution in [0.25, 0.3) is 0 Å². The molecule has 108 valence electrons. The number of hydrogen-bond acceptors (Lipinski definition) is 3. The highest BCUT2D eigenvalue weighted by Gasteiger charge is 2.03. The van der Waals surface area contributed by atoms with Crippen molar-refractivity contribution in [1.82, 2.24) is 15.0 Å². The van der Waals surface area contributed by atoms with Crippen molar-refractivity contribution >= 4 is 0 Å². The summed E-state index contributed by atoms with van der Waals surface area (Å²) < 4.78 is 1.90. The zero-order chi connectivity index (χ0) is 14.4. The van der Waals surface area contributed by atoms with Gasteiger partial charge in [0, 0.05) is 6.20 Å². The standard InChI is InChI=1S/C16H24N4/c1-13(2)15-8-6-14(7-9-15)11-20-12-16(18-19-20)5-3-4-10-17/h6-9,12-13H,3-5,10-11,17H2,1-2H3. The van der Waals surface area contributed by atoms with Gasteiger partial charge in [0.1, 0.15) is 0 Å². The maximum Gasteiger partial charge on any atom is 0.0827 e. The highest BCUT2D eigenvalue weighted by atomic mass is 15.4. The van der Waals surface area contributed by atoms with E-state index in [2.05, 4.69) is 48.4 Å². The van der Waals surface area contributed by atoms with Gasteiger partial charge in [-0.05, 0) is 42.9 Å². The highest BCUT2D eigenvalue weighted by Crippen LogP contribution is 2.15. The van der Waals surface area contributed by atoms with Crippen LogP contribution in [0.3, 0.4) is 0 Å². The van der Waals surface area contributed by atoms with Crippen LogP contribution < -0.4 is 5.73 Å². The molecule has 2 N–H and O–H groups in total. The Labute approximate surface area is 121 Å². The van der Waals surface area contributed by atoms with E-state index in [1.165, 1.54) is 11.1 Å². The topological polar surface area (TPSA) is 56.7 Å². The minimum absolute atomic E-state index is 0.574. The molecule has 0 unspecified atom stereocenters. The van der Waals surface area contributed by atoms with Crippen LogP contribution in [-0.2, 0) is 13.0 Å². The maximum absolute atomic E-state index is 5.49. The van der Waals surface area contributed by atoms with Crippen molar-refractivity contribution in [3.63, 3.8) is 0 Å². The van der Waals surface area contributed by atoms with Crippen LogP contribution in [0.2, 0.25) is 0 Å². The van der Waals surface area contributed by atoms with Crippen LogP contribution in [0.4, 0.5) is 0 Å². The summed E-state index contributed by atoms with van der Waals surface area (Å²) in [6.07, 6.45) is 5.12. The average molecular weight is 272 g/mol. The SMILES string of the molecule is CC(C)c1ccc(Cn2cc(CCCCN)nn2)cc1. The van der Waals surface area contributed by atoms with Crippen LogP contribution in [-0.4, -0.2) is 21.5 Å². The smallest absolute Gasteiger partial charge is 0.0827 e. The number of aromatic nitrogens is 3. The second kappa shape index (κ2) is 7.20. The first-order valence-electron chi connectivity index (χ1n) is 7.37. The largest absolute Gasteiger partial charge is 0.330 e. The molecule has 0 aliphatic carbocycles. The fraction of sp³-hybridized carbons (Fsp3) is 0.500. The normalized spacial score (nSPS) is 11.2. The van der Waals surface area contributed by atoms with E-state index in [4.69, 9.17) is 5.73 Å². The predicted molar refractivity (Wildman–Crippen MR) is 81.6 cm³/mol. The summed E-state index contributed by atoms with van der Waals surface area (Å²) in [4.78, 5) is 0. The molecule has 0 aliphatic heterocycles. The third-order valence-electron chi connectivity index (χ3n) is 3.46. The number of rotatable bonds is 7. The molecule has 0 spiro atoms. The van der Waals surface area contributed by atoms with Crippen LogP contribution >= 0.6 is 0 Å². The molecule has 0 atom stereocenters. The first-order chi connectivity index (χ1) is 9.69. The van der Waals surface area contributed by atoms with Crippen molar-refractivity contribution in [3.8, 4) is 0 Å². The van der Waals surface area contributed by atoms with Crippen molar-refractivity contribution in [1.29, 1.82) is 0 Å². The van der Waals surface area contributed by atoms with Crippen molar-refractivity contribution in [2.75, 3.05) is 6.54 Å². The lowest BCUT2D eigenvalue weighted by molar-refractivity contribution is 0.648. The summed E-state index contributed by atoms with van der Waals surface area (Å²) in [6, 6.07) is 8.73. The van der Waals surface area contributed by atoms with Gasteiger partial charge in [0.15, 0.2) is 0 Å². The van der Waals surface area contributed by atoms with Gasteiger partial charge >= 0.3 is 0 Å². The summed E-state index contributed by atoms with van der Waals surface area (Å²) in [5, 5.41) is 8.39. The van der Waals surface area contributed by atoms with E-state index in [0.29, 0.717) is 5.92 Å². The molecule has 0 saturated carbocycles. The van der Waals surface area contributed by atoms with Crippen LogP contribution in [0, 0.1) is 0 Å². The molecule has 20 heavy (non-hydrogen) atoms. The number of nitrogens with zero attached hydrogens (tertiary/aromatic N) is 3. The molecule has 0 fully saturated rings. The molecule has 0 bridgehead atoms. The Hall–Kier alpha value is -1.68. The Morgan fingerprint density at radius 2 is 1.90 bits per heavy atom. The minimum Gasteiger partial charge on any atom is -0.330 e. The maximum atomic E-state index is 5.49. The van der Waals surface area contributed by atoms with Crippen molar-refractivity contribution in [2.45, 2.75) is 45.6 Å². The lowest BCUT2D eigenvalue weighted by Gasteiger charge is -2.06. The van der Waals surface area contributed by atoms with E-state index in [0.717, 1.165) is 38.0 Å². The number of aryl methyl sites for hydroxylation is 1. The first-order valence-corrected chi connectivity index (χ1v) is 7.37. The third kappa shape index (κ3) is 4.17. The summed E-state index contributed by atoms with van der Waals surface area (Å²) in [7, 11) is 0. The van der Waals surface area contributed by atoms with Crippen molar-refractivity contribution in [3.05, 3.63) is 47.3 Å². The van der Waals surface area contributed by atoms with Crippen LogP contribution in [0.15, 0.2) is 30.5 Å². The minimum atomic E-state index is 0.574. The molecule has 0 saturated heterocycles. The summed E-state index contributed by atoms with van der Waals surface area (Å²) in [6.45, 7) is 5.94. The van der Waals surface area contributed by atoms with E-state index in [-0.39, 0.29) is 0 Å². The summed E-state index contributed by atoms with van der Waals surface area (Å²) in [5.41, 5.74) is 9.17. The van der Waals surface area contributed by atoms with Crippen molar-refractivity contribution in [2.24, 2.45) is 5.73 Å². The van der Waals surface area contributed by atoms with Gasteiger partial charge in [-0.25, -0.2) is 4.68 Å². The second-order valence-electron chi connectivity index (χ2n) is 5.55. The number of hydrogen-bond donors (Lipinski definition) is 1. The summed E-state index contributed by atoms with van der Waals surface area (Å²) in [5.74, 6) is 0.574. The second-order valence-corrected chi connectivity index (χ2v) is 5.55. The Bertz CT molecular complexity index is 514. The molecule has 0 aliphatic rings. The molecule has 2 aromatic rings. The van der Waals surface area contributed by atoms with E-state index < -0.39 is 0 Å². The predicted octanol–water partition coefficient (Wildman–Crippen LogP) is 2.73. The number of nitrogens with two attached hydrogens (primary N) is 1. The van der Waals surface area contributed by atoms with Gasteiger partial charge in [0.2, 0.25) is 0 Å². The zero-order valence-corrected chi connectivity index (χ0v) is 12.4. The molecule has 0 radical (unpaired) electrons. The van der Waals surface area contributed by atoms with Gasteiger partial charge in [-0.3, -0.25) is 0 Å². The molecule has 4 nitrogen and oxygen atoms in total. The van der Waals surface area contributed by atoms with Gasteiger partial charge in [-0.1, -0.05) is 43.3 Å². The van der Waals surface area contributed by atoms with E-state index in [1.54, 1.807) is 0 Å². The Morgan fingerprint density at radius 3 is 2.55 bits per heavy atom. The van der Waals surface area contributed by atoms with Crippen LogP contribution in [0.1, 0.15) is 49.4 Å². The van der Waals surface area contributed by atoms with E-state index in [9.17, 15) is 0 Å². The fourth-order valence-electron chi connectivity index (χ4n) is 2.18. The van der Waals surface area contributed by atoms with Gasteiger partial charge in [-0.15, -0.1) is 5.10 Å². The molecule has 1 aromatic carbocycles. The lowest BCUT2D eigenvalue weighted by atomic mass is 10.0. The molecule has 1 heterocycles. The number of unbranched alkanes of at least 4 members (excludes halogenated alkanes) is 1. The monoisotopic (exact) mass is 272 g/mol. The molecule has 4 heteroatoms. The van der Waals surface area contributed by atoms with Gasteiger partial charge in [-0.2, -0.15) is 0 Å². The highest BCUT2D eigenvalue weighted by molar-refractivity contribution is 5.24. The van der Waals surface area contributed by atoms with E-state index >= 15 is 0 Å². The quantitative estimate of drug-likeness (QED) is 0.788. The summed E-state index contributed by atoms with van der Waals surface area (Å²) >= 11 is 0. The van der Waals surface area contributed by atoms with E-state index in [1.807, 2.05) is 10.9 Å². The molecule has 1 aromatic heterocycles. The molecule has 0 amide bonds. The van der Waals surface area contributed by atoms with Gasteiger partial charge < -0.3 is 5.73 Å². The fourth-order valence-corrected chi connectivity index (χ4v) is 2.18. The number of benzene rings is 1. The zero-order valence-electron chi connectivity index (χ0n) is 12.4. The average Bonchev–Trinajstić information content (AvgIpc) is 2.87. The van der Waals surface area contributed by atoms with Crippen LogP contribution in [0.5, 0.6) is 0 Å².